The number of amides is 1. The highest BCUT2D eigenvalue weighted by molar-refractivity contribution is 7.99. The van der Waals surface area contributed by atoms with E-state index in [1.807, 2.05) is 36.0 Å². The lowest BCUT2D eigenvalue weighted by Gasteiger charge is -2.29. The molecule has 7 heteroatoms. The van der Waals surface area contributed by atoms with Crippen LogP contribution in [0.4, 0.5) is 0 Å². The fraction of sp³-hybridized carbons (Fsp3) is 0.529. The molecule has 0 aliphatic heterocycles. The average Bonchev–Trinajstić information content (AvgIpc) is 3.10. The van der Waals surface area contributed by atoms with Gasteiger partial charge in [-0.05, 0) is 53.1 Å². The molecule has 6 nitrogen and oxygen atoms in total. The zero-order valence-corrected chi connectivity index (χ0v) is 14.7. The molecule has 1 aliphatic rings. The van der Waals surface area contributed by atoms with E-state index in [9.17, 15) is 4.79 Å². The molecule has 1 aromatic carbocycles. The Kier molecular flexibility index (Phi) is 5.85. The van der Waals surface area contributed by atoms with E-state index in [0.29, 0.717) is 17.7 Å². The monoisotopic (exact) mass is 345 g/mol. The Morgan fingerprint density at radius 3 is 2.88 bits per heavy atom. The summed E-state index contributed by atoms with van der Waals surface area (Å²) in [6, 6.07) is 8.08. The van der Waals surface area contributed by atoms with Crippen molar-refractivity contribution in [1.82, 2.24) is 25.5 Å². The quantitative estimate of drug-likeness (QED) is 0.870. The van der Waals surface area contributed by atoms with Gasteiger partial charge in [-0.3, -0.25) is 4.79 Å². The van der Waals surface area contributed by atoms with Crippen molar-refractivity contribution in [2.75, 3.05) is 5.75 Å². The van der Waals surface area contributed by atoms with Gasteiger partial charge in [0.05, 0.1) is 12.1 Å². The van der Waals surface area contributed by atoms with E-state index in [1.54, 1.807) is 11.0 Å². The minimum atomic E-state index is 0.109. The minimum absolute atomic E-state index is 0.109. The third kappa shape index (κ3) is 4.56. The molecule has 3 rings (SSSR count). The van der Waals surface area contributed by atoms with Crippen LogP contribution in [0, 0.1) is 0 Å². The van der Waals surface area contributed by atoms with Gasteiger partial charge in [-0.15, -0.1) is 5.10 Å². The summed E-state index contributed by atoms with van der Waals surface area (Å²) in [5, 5.41) is 15.0. The summed E-state index contributed by atoms with van der Waals surface area (Å²) in [6.07, 6.45) is 6.66. The summed E-state index contributed by atoms with van der Waals surface area (Å²) in [5.74, 6) is 1.26. The summed E-state index contributed by atoms with van der Waals surface area (Å²) < 4.78 is 1.59. The number of rotatable bonds is 6. The molecule has 1 aliphatic carbocycles. The molecular formula is C17H23N5OS. The predicted molar refractivity (Wildman–Crippen MR) is 95.2 cm³/mol. The second kappa shape index (κ2) is 8.28. The fourth-order valence-corrected chi connectivity index (χ4v) is 4.35. The van der Waals surface area contributed by atoms with Crippen LogP contribution < -0.4 is 5.32 Å². The number of tetrazole rings is 1. The first-order chi connectivity index (χ1) is 11.7. The Hall–Kier alpha value is -1.89. The molecule has 1 amide bonds. The number of aromatic nitrogens is 4. The first-order valence-electron chi connectivity index (χ1n) is 8.48. The molecule has 2 atom stereocenters. The van der Waals surface area contributed by atoms with Crippen LogP contribution in [-0.2, 0) is 11.2 Å². The standard InChI is InChI=1S/C17H23N5OS/c1-2-24-16-5-3-4-14(11-16)19-17(23)10-13-6-8-15(9-7-13)22-12-18-20-21-22/h6-9,12,14,16H,2-5,10-11H2,1H3,(H,19,23). The Morgan fingerprint density at radius 1 is 1.33 bits per heavy atom. The van der Waals surface area contributed by atoms with Gasteiger partial charge >= 0.3 is 0 Å². The molecule has 2 aromatic rings. The van der Waals surface area contributed by atoms with Gasteiger partial charge < -0.3 is 5.32 Å². The second-order valence-corrected chi connectivity index (χ2v) is 7.68. The Balaban J connectivity index is 1.51. The summed E-state index contributed by atoms with van der Waals surface area (Å²) in [7, 11) is 0. The van der Waals surface area contributed by atoms with Gasteiger partial charge in [0.15, 0.2) is 0 Å². The first-order valence-corrected chi connectivity index (χ1v) is 9.52. The highest BCUT2D eigenvalue weighted by Gasteiger charge is 2.23. The smallest absolute Gasteiger partial charge is 0.224 e. The number of benzene rings is 1. The van der Waals surface area contributed by atoms with Crippen LogP contribution in [0.2, 0.25) is 0 Å². The molecular weight excluding hydrogens is 322 g/mol. The molecule has 0 radical (unpaired) electrons. The van der Waals surface area contributed by atoms with Crippen LogP contribution in [0.15, 0.2) is 30.6 Å². The number of hydrogen-bond acceptors (Lipinski definition) is 5. The van der Waals surface area contributed by atoms with E-state index in [1.165, 1.54) is 12.8 Å². The molecule has 1 saturated carbocycles. The second-order valence-electron chi connectivity index (χ2n) is 6.11. The van der Waals surface area contributed by atoms with Crippen LogP contribution in [0.1, 0.15) is 38.2 Å². The van der Waals surface area contributed by atoms with E-state index in [2.05, 4.69) is 27.8 Å². The zero-order chi connectivity index (χ0) is 16.8. The van der Waals surface area contributed by atoms with Crippen LogP contribution >= 0.6 is 11.8 Å². The van der Waals surface area contributed by atoms with Crippen LogP contribution in [0.25, 0.3) is 5.69 Å². The summed E-state index contributed by atoms with van der Waals surface area (Å²) in [4.78, 5) is 12.3. The van der Waals surface area contributed by atoms with Crippen LogP contribution in [0.5, 0.6) is 0 Å². The van der Waals surface area contributed by atoms with Crippen molar-refractivity contribution in [3.05, 3.63) is 36.2 Å². The largest absolute Gasteiger partial charge is 0.353 e. The highest BCUT2D eigenvalue weighted by atomic mass is 32.2. The van der Waals surface area contributed by atoms with Crippen molar-refractivity contribution in [3.63, 3.8) is 0 Å². The van der Waals surface area contributed by atoms with E-state index in [4.69, 9.17) is 0 Å². The average molecular weight is 345 g/mol. The normalized spacial score (nSPS) is 20.7. The Morgan fingerprint density at radius 2 is 2.17 bits per heavy atom. The maximum absolute atomic E-state index is 12.3. The zero-order valence-electron chi connectivity index (χ0n) is 13.9. The predicted octanol–water partition coefficient (Wildman–Crippen LogP) is 2.39. The topological polar surface area (TPSA) is 72.7 Å². The summed E-state index contributed by atoms with van der Waals surface area (Å²) in [5.41, 5.74) is 1.88. The maximum Gasteiger partial charge on any atom is 0.224 e. The van der Waals surface area contributed by atoms with Crippen molar-refractivity contribution in [2.24, 2.45) is 0 Å². The van der Waals surface area contributed by atoms with E-state index in [0.717, 1.165) is 29.8 Å². The Labute approximate surface area is 146 Å². The van der Waals surface area contributed by atoms with E-state index >= 15 is 0 Å². The van der Waals surface area contributed by atoms with Gasteiger partial charge in [0.2, 0.25) is 5.91 Å². The van der Waals surface area contributed by atoms with Crippen molar-refractivity contribution in [1.29, 1.82) is 0 Å². The molecule has 1 heterocycles. The number of carbonyl (C=O) groups is 1. The SMILES string of the molecule is CCSC1CCCC(NC(=O)Cc2ccc(-n3cnnn3)cc2)C1. The van der Waals surface area contributed by atoms with Crippen molar-refractivity contribution in [2.45, 2.75) is 50.3 Å². The first kappa shape index (κ1) is 17.0. The van der Waals surface area contributed by atoms with Crippen molar-refractivity contribution < 1.29 is 4.79 Å². The number of hydrogen-bond donors (Lipinski definition) is 1. The van der Waals surface area contributed by atoms with Gasteiger partial charge in [0.1, 0.15) is 6.33 Å². The number of carbonyl (C=O) groups excluding carboxylic acids is 1. The minimum Gasteiger partial charge on any atom is -0.353 e. The van der Waals surface area contributed by atoms with E-state index < -0.39 is 0 Å². The molecule has 1 aromatic heterocycles. The molecule has 24 heavy (non-hydrogen) atoms. The molecule has 0 bridgehead atoms. The van der Waals surface area contributed by atoms with Gasteiger partial charge in [-0.25, -0.2) is 4.68 Å². The maximum atomic E-state index is 12.3. The van der Waals surface area contributed by atoms with Gasteiger partial charge in [0, 0.05) is 11.3 Å². The van der Waals surface area contributed by atoms with Crippen LogP contribution in [0.3, 0.4) is 0 Å². The van der Waals surface area contributed by atoms with Crippen LogP contribution in [-0.4, -0.2) is 43.2 Å². The van der Waals surface area contributed by atoms with Gasteiger partial charge in [0.25, 0.3) is 0 Å². The van der Waals surface area contributed by atoms with Crippen molar-refractivity contribution >= 4 is 17.7 Å². The molecule has 1 N–H and O–H groups in total. The van der Waals surface area contributed by atoms with E-state index in [-0.39, 0.29) is 5.91 Å². The molecule has 128 valence electrons. The molecule has 2 unspecified atom stereocenters. The third-order valence-corrected chi connectivity index (χ3v) is 5.54. The third-order valence-electron chi connectivity index (χ3n) is 4.31. The number of thioether (sulfide) groups is 1. The molecule has 0 saturated heterocycles. The lowest BCUT2D eigenvalue weighted by molar-refractivity contribution is -0.121. The molecule has 0 spiro atoms. The molecule has 1 fully saturated rings. The Bertz CT molecular complexity index is 642. The summed E-state index contributed by atoms with van der Waals surface area (Å²) in [6.45, 7) is 2.20. The number of nitrogens with zero attached hydrogens (tertiary/aromatic N) is 4. The fourth-order valence-electron chi connectivity index (χ4n) is 3.17. The lowest BCUT2D eigenvalue weighted by Crippen LogP contribution is -2.39. The van der Waals surface area contributed by atoms with Crippen molar-refractivity contribution in [3.8, 4) is 5.69 Å². The summed E-state index contributed by atoms with van der Waals surface area (Å²) >= 11 is 2.02. The van der Waals surface area contributed by atoms with Gasteiger partial charge in [-0.2, -0.15) is 11.8 Å². The van der Waals surface area contributed by atoms with Gasteiger partial charge in [-0.1, -0.05) is 25.5 Å². The number of nitrogens with one attached hydrogen (secondary N) is 1. The highest BCUT2D eigenvalue weighted by Crippen LogP contribution is 2.28. The lowest BCUT2D eigenvalue weighted by atomic mass is 9.94.